The monoisotopic (exact) mass is 337 g/mol. The zero-order chi connectivity index (χ0) is 17.4. The lowest BCUT2D eigenvalue weighted by Gasteiger charge is -2.17. The summed E-state index contributed by atoms with van der Waals surface area (Å²) in [5, 5.41) is 1.06. The van der Waals surface area contributed by atoms with Crippen molar-refractivity contribution in [2.24, 2.45) is 0 Å². The number of rotatable bonds is 4. The number of nitrogens with zero attached hydrogens (tertiary/aromatic N) is 1. The molecule has 1 aliphatic rings. The summed E-state index contributed by atoms with van der Waals surface area (Å²) in [6, 6.07) is 13.2. The van der Waals surface area contributed by atoms with E-state index in [1.807, 2.05) is 24.3 Å². The highest BCUT2D eigenvalue weighted by molar-refractivity contribution is 5.95. The van der Waals surface area contributed by atoms with Crippen molar-refractivity contribution in [2.75, 3.05) is 13.8 Å². The number of aryl methyl sites for hydroxylation is 1. The Bertz CT molecular complexity index is 944. The zero-order valence-electron chi connectivity index (χ0n) is 14.2. The molecule has 1 aliphatic heterocycles. The molecule has 5 nitrogen and oxygen atoms in total. The van der Waals surface area contributed by atoms with Crippen LogP contribution in [0.2, 0.25) is 0 Å². The second-order valence-corrected chi connectivity index (χ2v) is 6.08. The number of ether oxygens (including phenoxy) is 2. The molecular formula is C20H19NO4. The summed E-state index contributed by atoms with van der Waals surface area (Å²) in [7, 11) is 1.80. The van der Waals surface area contributed by atoms with Crippen LogP contribution in [-0.4, -0.2) is 24.6 Å². The van der Waals surface area contributed by atoms with Gasteiger partial charge in [0, 0.05) is 36.5 Å². The number of furan rings is 1. The SMILES string of the molecule is CCc1oc2ccccc2c1CN(C)C(=O)c1ccc2c(c1)OCO2. The van der Waals surface area contributed by atoms with Gasteiger partial charge in [-0.15, -0.1) is 0 Å². The Morgan fingerprint density at radius 3 is 2.76 bits per heavy atom. The van der Waals surface area contributed by atoms with Crippen molar-refractivity contribution in [1.29, 1.82) is 0 Å². The van der Waals surface area contributed by atoms with Gasteiger partial charge >= 0.3 is 0 Å². The summed E-state index contributed by atoms with van der Waals surface area (Å²) in [6.45, 7) is 2.75. The predicted molar refractivity (Wildman–Crippen MR) is 94.0 cm³/mol. The number of benzene rings is 2. The van der Waals surface area contributed by atoms with Crippen LogP contribution in [0.4, 0.5) is 0 Å². The molecule has 25 heavy (non-hydrogen) atoms. The third-order valence-electron chi connectivity index (χ3n) is 4.46. The van der Waals surface area contributed by atoms with E-state index in [1.165, 1.54) is 0 Å². The lowest BCUT2D eigenvalue weighted by molar-refractivity contribution is 0.0784. The number of hydrogen-bond donors (Lipinski definition) is 0. The number of fused-ring (bicyclic) bond motifs is 2. The first-order chi connectivity index (χ1) is 12.2. The van der Waals surface area contributed by atoms with E-state index >= 15 is 0 Å². The van der Waals surface area contributed by atoms with Gasteiger partial charge in [0.15, 0.2) is 11.5 Å². The lowest BCUT2D eigenvalue weighted by atomic mass is 10.1. The highest BCUT2D eigenvalue weighted by Crippen LogP contribution is 2.33. The molecule has 2 heterocycles. The zero-order valence-corrected chi connectivity index (χ0v) is 14.2. The van der Waals surface area contributed by atoms with Crippen LogP contribution in [0.15, 0.2) is 46.9 Å². The quantitative estimate of drug-likeness (QED) is 0.722. The van der Waals surface area contributed by atoms with Crippen molar-refractivity contribution in [1.82, 2.24) is 4.90 Å². The molecular weight excluding hydrogens is 318 g/mol. The van der Waals surface area contributed by atoms with Gasteiger partial charge in [0.1, 0.15) is 11.3 Å². The minimum Gasteiger partial charge on any atom is -0.461 e. The highest BCUT2D eigenvalue weighted by atomic mass is 16.7. The number of para-hydroxylation sites is 1. The molecule has 1 aromatic heterocycles. The Balaban J connectivity index is 1.61. The summed E-state index contributed by atoms with van der Waals surface area (Å²) >= 11 is 0. The molecule has 1 amide bonds. The van der Waals surface area contributed by atoms with Gasteiger partial charge in [0.2, 0.25) is 6.79 Å². The average molecular weight is 337 g/mol. The molecule has 0 unspecified atom stereocenters. The molecule has 5 heteroatoms. The summed E-state index contributed by atoms with van der Waals surface area (Å²) in [6.07, 6.45) is 0.788. The molecule has 2 aromatic carbocycles. The molecule has 0 spiro atoms. The van der Waals surface area contributed by atoms with Crippen LogP contribution < -0.4 is 9.47 Å². The fraction of sp³-hybridized carbons (Fsp3) is 0.250. The molecule has 0 bridgehead atoms. The van der Waals surface area contributed by atoms with Gasteiger partial charge in [-0.1, -0.05) is 25.1 Å². The van der Waals surface area contributed by atoms with Gasteiger partial charge in [-0.2, -0.15) is 0 Å². The maximum absolute atomic E-state index is 12.8. The van der Waals surface area contributed by atoms with E-state index in [1.54, 1.807) is 30.1 Å². The summed E-state index contributed by atoms with van der Waals surface area (Å²) in [4.78, 5) is 14.5. The molecule has 0 radical (unpaired) electrons. The lowest BCUT2D eigenvalue weighted by Crippen LogP contribution is -2.26. The van der Waals surface area contributed by atoms with E-state index in [-0.39, 0.29) is 12.7 Å². The van der Waals surface area contributed by atoms with Gasteiger partial charge in [-0.3, -0.25) is 4.79 Å². The predicted octanol–water partition coefficient (Wildman–Crippen LogP) is 4.00. The Morgan fingerprint density at radius 2 is 1.92 bits per heavy atom. The molecule has 0 saturated heterocycles. The third-order valence-corrected chi connectivity index (χ3v) is 4.46. The van der Waals surface area contributed by atoms with Crippen molar-refractivity contribution in [3.63, 3.8) is 0 Å². The van der Waals surface area contributed by atoms with Gasteiger partial charge in [0.25, 0.3) is 5.91 Å². The summed E-state index contributed by atoms with van der Waals surface area (Å²) < 4.78 is 16.6. The van der Waals surface area contributed by atoms with E-state index < -0.39 is 0 Å². The number of carbonyl (C=O) groups excluding carboxylic acids is 1. The molecule has 0 fully saturated rings. The van der Waals surface area contributed by atoms with Crippen LogP contribution in [0.1, 0.15) is 28.6 Å². The van der Waals surface area contributed by atoms with Gasteiger partial charge < -0.3 is 18.8 Å². The van der Waals surface area contributed by atoms with Crippen LogP contribution in [0.25, 0.3) is 11.0 Å². The maximum atomic E-state index is 12.8. The highest BCUT2D eigenvalue weighted by Gasteiger charge is 2.21. The van der Waals surface area contributed by atoms with Crippen LogP contribution in [0.3, 0.4) is 0 Å². The van der Waals surface area contributed by atoms with Gasteiger partial charge in [-0.05, 0) is 24.3 Å². The fourth-order valence-electron chi connectivity index (χ4n) is 3.17. The standard InChI is InChI=1S/C20H19NO4/c1-3-16-15(14-6-4-5-7-17(14)25-16)11-21(2)20(22)13-8-9-18-19(10-13)24-12-23-18/h4-10H,3,11-12H2,1-2H3. The van der Waals surface area contributed by atoms with E-state index in [2.05, 4.69) is 6.92 Å². The summed E-state index contributed by atoms with van der Waals surface area (Å²) in [5.41, 5.74) is 2.51. The topological polar surface area (TPSA) is 51.9 Å². The first kappa shape index (κ1) is 15.6. The van der Waals surface area contributed by atoms with Crippen molar-refractivity contribution < 1.29 is 18.7 Å². The minimum atomic E-state index is -0.0642. The number of carbonyl (C=O) groups is 1. The minimum absolute atomic E-state index is 0.0642. The molecule has 0 N–H and O–H groups in total. The van der Waals surface area contributed by atoms with E-state index in [4.69, 9.17) is 13.9 Å². The van der Waals surface area contributed by atoms with Crippen molar-refractivity contribution in [2.45, 2.75) is 19.9 Å². The third kappa shape index (κ3) is 2.71. The second-order valence-electron chi connectivity index (χ2n) is 6.08. The van der Waals surface area contributed by atoms with E-state index in [0.29, 0.717) is 23.6 Å². The van der Waals surface area contributed by atoms with Crippen LogP contribution in [0.5, 0.6) is 11.5 Å². The first-order valence-corrected chi connectivity index (χ1v) is 8.31. The maximum Gasteiger partial charge on any atom is 0.254 e. The Labute approximate surface area is 145 Å². The van der Waals surface area contributed by atoms with E-state index in [9.17, 15) is 4.79 Å². The van der Waals surface area contributed by atoms with E-state index in [0.717, 1.165) is 28.7 Å². The molecule has 128 valence electrons. The Kier molecular flexibility index (Phi) is 3.84. The first-order valence-electron chi connectivity index (χ1n) is 8.31. The smallest absolute Gasteiger partial charge is 0.254 e. The molecule has 0 aliphatic carbocycles. The Morgan fingerprint density at radius 1 is 1.12 bits per heavy atom. The van der Waals surface area contributed by atoms with Crippen LogP contribution >= 0.6 is 0 Å². The molecule has 4 rings (SSSR count). The number of amides is 1. The Hall–Kier alpha value is -2.95. The average Bonchev–Trinajstić information content (AvgIpc) is 3.24. The van der Waals surface area contributed by atoms with Crippen molar-refractivity contribution in [3.8, 4) is 11.5 Å². The summed E-state index contributed by atoms with van der Waals surface area (Å²) in [5.74, 6) is 2.15. The van der Waals surface area contributed by atoms with Crippen molar-refractivity contribution in [3.05, 3.63) is 59.4 Å². The molecule has 0 saturated carbocycles. The van der Waals surface area contributed by atoms with Crippen LogP contribution in [0, 0.1) is 0 Å². The molecule has 0 atom stereocenters. The molecule has 3 aromatic rings. The largest absolute Gasteiger partial charge is 0.461 e. The fourth-order valence-corrected chi connectivity index (χ4v) is 3.17. The van der Waals surface area contributed by atoms with Crippen molar-refractivity contribution >= 4 is 16.9 Å². The van der Waals surface area contributed by atoms with Gasteiger partial charge in [-0.25, -0.2) is 0 Å². The normalized spacial score (nSPS) is 12.6. The number of hydrogen-bond acceptors (Lipinski definition) is 4. The van der Waals surface area contributed by atoms with Crippen LogP contribution in [-0.2, 0) is 13.0 Å². The second kappa shape index (κ2) is 6.16. The van der Waals surface area contributed by atoms with Gasteiger partial charge in [0.05, 0.1) is 0 Å².